The Labute approximate surface area is 270 Å². The number of hydrogen-bond donors (Lipinski definition) is 0. The second-order valence-electron chi connectivity index (χ2n) is 12.3. The van der Waals surface area contributed by atoms with Crippen LogP contribution in [0.2, 0.25) is 5.02 Å². The zero-order chi connectivity index (χ0) is 36.0. The van der Waals surface area contributed by atoms with E-state index in [-0.39, 0.29) is 59.2 Å². The number of halogens is 2. The van der Waals surface area contributed by atoms with Gasteiger partial charge in [0, 0.05) is 74.4 Å². The maximum atomic E-state index is 17.3. The van der Waals surface area contributed by atoms with Crippen molar-refractivity contribution in [1.29, 1.82) is 0 Å². The first-order valence-corrected chi connectivity index (χ1v) is 15.3. The van der Waals surface area contributed by atoms with E-state index in [9.17, 15) is 4.79 Å². The van der Waals surface area contributed by atoms with Gasteiger partial charge in [-0.15, -0.1) is 0 Å². The van der Waals surface area contributed by atoms with Gasteiger partial charge in [-0.25, -0.2) is 9.37 Å². The maximum absolute atomic E-state index is 17.3. The third-order valence-electron chi connectivity index (χ3n) is 9.19. The predicted molar refractivity (Wildman–Crippen MR) is 174 cm³/mol. The van der Waals surface area contributed by atoms with Crippen molar-refractivity contribution >= 4 is 51.1 Å². The molecule has 230 valence electrons. The molecule has 2 aliphatic heterocycles. The normalized spacial score (nSPS) is 23.6. The first-order chi connectivity index (χ1) is 23.5. The highest BCUT2D eigenvalue weighted by Gasteiger charge is 2.36. The third-order valence-corrected chi connectivity index (χ3v) is 9.49. The summed E-state index contributed by atoms with van der Waals surface area (Å²) in [6.07, 6.45) is 5.03. The Morgan fingerprint density at radius 3 is 2.61 bits per heavy atom. The quantitative estimate of drug-likeness (QED) is 0.265. The summed E-state index contributed by atoms with van der Waals surface area (Å²) in [7, 11) is 0. The van der Waals surface area contributed by atoms with Crippen LogP contribution < -0.4 is 9.80 Å². The zero-order valence-electron chi connectivity index (χ0n) is 30.9. The van der Waals surface area contributed by atoms with Gasteiger partial charge in [0.05, 0.1) is 22.8 Å². The summed E-state index contributed by atoms with van der Waals surface area (Å²) in [4.78, 5) is 28.2. The van der Waals surface area contributed by atoms with E-state index in [0.29, 0.717) is 34.8 Å². The Hall–Kier alpha value is -3.76. The van der Waals surface area contributed by atoms with E-state index >= 15 is 4.39 Å². The van der Waals surface area contributed by atoms with Crippen molar-refractivity contribution < 1.29 is 17.4 Å². The molecule has 44 heavy (non-hydrogen) atoms. The summed E-state index contributed by atoms with van der Waals surface area (Å²) in [5.41, 5.74) is 2.47. The number of benzene rings is 2. The van der Waals surface area contributed by atoms with Gasteiger partial charge in [-0.1, -0.05) is 30.3 Å². The zero-order valence-corrected chi connectivity index (χ0v) is 25.6. The highest BCUT2D eigenvalue weighted by Crippen LogP contribution is 2.45. The fourth-order valence-corrected chi connectivity index (χ4v) is 6.83. The molecule has 3 aliphatic rings. The van der Waals surface area contributed by atoms with Crippen molar-refractivity contribution in [2.75, 3.05) is 49.9 Å². The summed E-state index contributed by atoms with van der Waals surface area (Å²) in [5.74, 6) is -0.284. The van der Waals surface area contributed by atoms with Gasteiger partial charge in [-0.2, -0.15) is 10.1 Å². The highest BCUT2D eigenvalue weighted by molar-refractivity contribution is 6.35. The number of carbonyl (C=O) groups excluding carboxylic acids is 1. The molecule has 11 heteroatoms. The smallest absolute Gasteiger partial charge is 0.246 e. The van der Waals surface area contributed by atoms with E-state index < -0.39 is 25.8 Å². The number of aryl methyl sites for hydroxylation is 1. The van der Waals surface area contributed by atoms with Gasteiger partial charge >= 0.3 is 0 Å². The van der Waals surface area contributed by atoms with Crippen LogP contribution in [0.4, 0.5) is 16.2 Å². The van der Waals surface area contributed by atoms with Crippen molar-refractivity contribution in [1.82, 2.24) is 29.5 Å². The minimum absolute atomic E-state index is 0.0103. The number of aromatic nitrogens is 4. The molecule has 2 saturated heterocycles. The summed E-state index contributed by atoms with van der Waals surface area (Å²) >= 11 is 7.04. The summed E-state index contributed by atoms with van der Waals surface area (Å²) in [5, 5.41) is 6.06. The predicted octanol–water partition coefficient (Wildman–Crippen LogP) is 5.44. The van der Waals surface area contributed by atoms with Crippen LogP contribution in [-0.2, 0) is 4.79 Å². The van der Waals surface area contributed by atoms with E-state index in [1.165, 1.54) is 6.08 Å². The number of rotatable bonds is 6. The summed E-state index contributed by atoms with van der Waals surface area (Å²) in [6.45, 7) is 4.47. The van der Waals surface area contributed by atoms with Crippen LogP contribution in [0, 0.1) is 12.7 Å². The SMILES string of the molecule is [2H]C([2H])([2H])N(C1CN(c2nc(N3C[C@@H](C)N(C(=O)C=C)C[C@@H]3C)c3cc(Cl)c(-c4c(C)ccc5cnn(C6CC6)c45)c(F)c3n2)C1)C([2H])([2H])[2H]. The van der Waals surface area contributed by atoms with Gasteiger partial charge in [-0.05, 0) is 65.3 Å². The number of anilines is 2. The second-order valence-corrected chi connectivity index (χ2v) is 12.7. The minimum Gasteiger partial charge on any atom is -0.349 e. The molecule has 3 fully saturated rings. The third kappa shape index (κ3) is 4.61. The molecule has 9 nitrogen and oxygen atoms in total. The lowest BCUT2D eigenvalue weighted by Crippen LogP contribution is -2.59. The Kier molecular flexibility index (Phi) is 5.52. The van der Waals surface area contributed by atoms with Crippen LogP contribution in [0.25, 0.3) is 32.9 Å². The summed E-state index contributed by atoms with van der Waals surface area (Å²) in [6, 6.07) is 4.50. The number of carbonyl (C=O) groups is 1. The Morgan fingerprint density at radius 2 is 1.91 bits per heavy atom. The van der Waals surface area contributed by atoms with Gasteiger partial charge in [0.1, 0.15) is 11.3 Å². The monoisotopic (exact) mass is 622 g/mol. The largest absolute Gasteiger partial charge is 0.349 e. The van der Waals surface area contributed by atoms with Crippen LogP contribution in [0.15, 0.2) is 37.1 Å². The molecule has 2 aromatic carbocycles. The van der Waals surface area contributed by atoms with E-state index in [0.717, 1.165) is 29.3 Å². The number of fused-ring (bicyclic) bond motifs is 2. The maximum Gasteiger partial charge on any atom is 0.246 e. The lowest BCUT2D eigenvalue weighted by molar-refractivity contribution is -0.128. The molecule has 7 rings (SSSR count). The number of likely N-dealkylation sites (N-methyl/N-ethyl adjacent to an activating group) is 1. The molecule has 2 atom stereocenters. The minimum atomic E-state index is -2.85. The van der Waals surface area contributed by atoms with Crippen LogP contribution in [0.5, 0.6) is 0 Å². The van der Waals surface area contributed by atoms with Crippen molar-refractivity contribution in [3.8, 4) is 11.1 Å². The Balaban J connectivity index is 1.39. The van der Waals surface area contributed by atoms with Gasteiger partial charge in [0.25, 0.3) is 0 Å². The van der Waals surface area contributed by atoms with Crippen molar-refractivity contribution in [3.05, 3.63) is 53.5 Å². The van der Waals surface area contributed by atoms with E-state index in [2.05, 4.69) is 11.7 Å². The first-order valence-electron chi connectivity index (χ1n) is 17.9. The van der Waals surface area contributed by atoms with Gasteiger partial charge in [-0.3, -0.25) is 9.48 Å². The molecule has 0 unspecified atom stereocenters. The number of piperazine rings is 1. The molecule has 1 amide bonds. The fourth-order valence-electron chi connectivity index (χ4n) is 6.54. The van der Waals surface area contributed by atoms with E-state index in [1.54, 1.807) is 22.1 Å². The fraction of sp³-hybridized carbons (Fsp3) is 0.455. The number of nitrogens with zero attached hydrogens (tertiary/aromatic N) is 8. The van der Waals surface area contributed by atoms with Crippen molar-refractivity contribution in [2.45, 2.75) is 57.8 Å². The van der Waals surface area contributed by atoms with Crippen molar-refractivity contribution in [3.63, 3.8) is 0 Å². The Bertz CT molecular complexity index is 2010. The van der Waals surface area contributed by atoms with Crippen LogP contribution in [0.1, 0.15) is 46.5 Å². The van der Waals surface area contributed by atoms with Gasteiger partial charge in [0.2, 0.25) is 11.9 Å². The van der Waals surface area contributed by atoms with Crippen LogP contribution in [0.3, 0.4) is 0 Å². The van der Waals surface area contributed by atoms with E-state index in [1.807, 2.05) is 42.5 Å². The molecule has 0 spiro atoms. The molecular weight excluding hydrogens is 579 g/mol. The standard InChI is InChI=1S/C33H38ClFN8O/c1-7-26(44)41-14-20(4)42(15-19(41)3)32-24-12-25(34)28(27-18(2)8-9-21-13-36-43(31(21)27)22-10-11-22)29(35)30(24)37-33(38-32)40-16-23(17-40)39(5)6/h7-9,12-13,19-20,22-23H,1,10-11,14-17H2,2-6H3/t19-,20+/m1/s1/i5D3,6D3. The average molecular weight is 623 g/mol. The van der Waals surface area contributed by atoms with Crippen LogP contribution >= 0.6 is 11.6 Å². The lowest BCUT2D eigenvalue weighted by atomic mass is 9.95. The molecule has 0 radical (unpaired) electrons. The molecule has 1 saturated carbocycles. The van der Waals surface area contributed by atoms with Gasteiger partial charge < -0.3 is 19.6 Å². The lowest BCUT2D eigenvalue weighted by Gasteiger charge is -2.45. The molecule has 4 heterocycles. The van der Waals surface area contributed by atoms with Gasteiger partial charge in [0.15, 0.2) is 5.82 Å². The topological polar surface area (TPSA) is 73.6 Å². The molecule has 0 bridgehead atoms. The highest BCUT2D eigenvalue weighted by atomic mass is 35.5. The number of hydrogen-bond acceptors (Lipinski definition) is 7. The Morgan fingerprint density at radius 1 is 1.14 bits per heavy atom. The molecular formula is C33H38ClFN8O. The second kappa shape index (κ2) is 10.7. The average Bonchev–Trinajstić information content (AvgIpc) is 3.77. The summed E-state index contributed by atoms with van der Waals surface area (Å²) < 4.78 is 66.5. The molecule has 4 aromatic rings. The van der Waals surface area contributed by atoms with E-state index in [4.69, 9.17) is 29.8 Å². The number of amides is 1. The van der Waals surface area contributed by atoms with Crippen LogP contribution in [-0.4, -0.2) is 93.7 Å². The van der Waals surface area contributed by atoms with Crippen molar-refractivity contribution in [2.24, 2.45) is 0 Å². The molecule has 1 aliphatic carbocycles. The molecule has 0 N–H and O–H groups in total. The molecule has 2 aromatic heterocycles. The first kappa shape index (κ1) is 22.7.